The van der Waals surface area contributed by atoms with Crippen molar-refractivity contribution in [3.8, 4) is 5.75 Å². The lowest BCUT2D eigenvalue weighted by Gasteiger charge is -2.31. The Morgan fingerprint density at radius 3 is 2.94 bits per heavy atom. The molecule has 92 valence electrons. The first-order valence-electron chi connectivity index (χ1n) is 6.20. The fourth-order valence-corrected chi connectivity index (χ4v) is 3.13. The summed E-state index contributed by atoms with van der Waals surface area (Å²) in [6.07, 6.45) is 2.49. The van der Waals surface area contributed by atoms with Gasteiger partial charge in [0.15, 0.2) is 0 Å². The van der Waals surface area contributed by atoms with Gasteiger partial charge in [-0.15, -0.1) is 0 Å². The Bertz CT molecular complexity index is 424. The lowest BCUT2D eigenvalue weighted by Crippen LogP contribution is -2.39. The molecule has 2 saturated heterocycles. The minimum absolute atomic E-state index is 0.146. The van der Waals surface area contributed by atoms with Crippen molar-refractivity contribution in [2.75, 3.05) is 25.0 Å². The van der Waals surface area contributed by atoms with Crippen LogP contribution >= 0.6 is 11.6 Å². The highest BCUT2D eigenvalue weighted by Crippen LogP contribution is 2.31. The third-order valence-corrected chi connectivity index (χ3v) is 4.24. The van der Waals surface area contributed by atoms with E-state index in [1.54, 1.807) is 12.1 Å². The summed E-state index contributed by atoms with van der Waals surface area (Å²) in [5.74, 6) is 0.907. The number of phenolic OH excluding ortho intramolecular Hbond substituents is 1. The van der Waals surface area contributed by atoms with Gasteiger partial charge in [0.2, 0.25) is 0 Å². The second-order valence-corrected chi connectivity index (χ2v) is 5.46. The molecule has 2 aliphatic heterocycles. The zero-order chi connectivity index (χ0) is 11.8. The third-order valence-electron chi connectivity index (χ3n) is 3.93. The fraction of sp³-hybridized carbons (Fsp3) is 0.538. The van der Waals surface area contributed by atoms with Crippen molar-refractivity contribution in [3.63, 3.8) is 0 Å². The minimum atomic E-state index is 0.146. The van der Waals surface area contributed by atoms with Crippen LogP contribution < -0.4 is 5.32 Å². The Balaban J connectivity index is 1.71. The molecule has 3 rings (SSSR count). The molecule has 0 aliphatic carbocycles. The van der Waals surface area contributed by atoms with E-state index in [4.69, 9.17) is 11.6 Å². The summed E-state index contributed by atoms with van der Waals surface area (Å²) >= 11 is 5.91. The number of fused-ring (bicyclic) bond motifs is 2. The Labute approximate surface area is 106 Å². The number of aromatic hydroxyl groups is 1. The zero-order valence-corrected chi connectivity index (χ0v) is 10.5. The first-order valence-corrected chi connectivity index (χ1v) is 6.57. The Kier molecular flexibility index (Phi) is 2.89. The van der Waals surface area contributed by atoms with Crippen LogP contribution in [0, 0.1) is 5.92 Å². The standard InChI is InChI=1S/C13H17ClN2O/c14-11-7-10(1-2-13(11)17)15-12-4-6-16-5-3-9(12)8-16/h1-2,7,9,12,15,17H,3-6,8H2. The van der Waals surface area contributed by atoms with Crippen LogP contribution in [0.5, 0.6) is 5.75 Å². The van der Waals surface area contributed by atoms with Crippen LogP contribution in [-0.4, -0.2) is 35.7 Å². The number of phenols is 1. The number of hydrogen-bond donors (Lipinski definition) is 2. The number of rotatable bonds is 2. The van der Waals surface area contributed by atoms with Gasteiger partial charge in [0.25, 0.3) is 0 Å². The van der Waals surface area contributed by atoms with Gasteiger partial charge in [0.1, 0.15) is 5.75 Å². The predicted molar refractivity (Wildman–Crippen MR) is 69.7 cm³/mol. The summed E-state index contributed by atoms with van der Waals surface area (Å²) in [6.45, 7) is 3.67. The first-order chi connectivity index (χ1) is 8.22. The lowest BCUT2D eigenvalue weighted by molar-refractivity contribution is 0.255. The van der Waals surface area contributed by atoms with Gasteiger partial charge in [-0.25, -0.2) is 0 Å². The minimum Gasteiger partial charge on any atom is -0.506 e. The van der Waals surface area contributed by atoms with Gasteiger partial charge in [-0.1, -0.05) is 11.6 Å². The van der Waals surface area contributed by atoms with Gasteiger partial charge in [-0.05, 0) is 43.5 Å². The molecule has 2 N–H and O–H groups in total. The van der Waals surface area contributed by atoms with Gasteiger partial charge in [-0.2, -0.15) is 0 Å². The van der Waals surface area contributed by atoms with Crippen molar-refractivity contribution >= 4 is 17.3 Å². The maximum atomic E-state index is 9.39. The highest BCUT2D eigenvalue weighted by Gasteiger charge is 2.34. The molecule has 1 aromatic carbocycles. The zero-order valence-electron chi connectivity index (χ0n) is 9.69. The fourth-order valence-electron chi connectivity index (χ4n) is 2.95. The summed E-state index contributed by atoms with van der Waals surface area (Å²) < 4.78 is 0. The molecule has 0 amide bonds. The molecule has 0 spiro atoms. The lowest BCUT2D eigenvalue weighted by atomic mass is 9.94. The van der Waals surface area contributed by atoms with Crippen LogP contribution in [-0.2, 0) is 0 Å². The number of nitrogens with one attached hydrogen (secondary N) is 1. The topological polar surface area (TPSA) is 35.5 Å². The molecule has 0 aromatic heterocycles. The van der Waals surface area contributed by atoms with Crippen LogP contribution in [0.2, 0.25) is 5.02 Å². The van der Waals surface area contributed by atoms with E-state index < -0.39 is 0 Å². The van der Waals surface area contributed by atoms with Gasteiger partial charge in [-0.3, -0.25) is 0 Å². The maximum Gasteiger partial charge on any atom is 0.134 e. The molecule has 2 aliphatic rings. The highest BCUT2D eigenvalue weighted by atomic mass is 35.5. The van der Waals surface area contributed by atoms with Gasteiger partial charge in [0.05, 0.1) is 5.02 Å². The van der Waals surface area contributed by atoms with Crippen LogP contribution in [0.3, 0.4) is 0 Å². The van der Waals surface area contributed by atoms with E-state index in [0.29, 0.717) is 11.1 Å². The van der Waals surface area contributed by atoms with Crippen LogP contribution in [0.4, 0.5) is 5.69 Å². The average Bonchev–Trinajstić information content (AvgIpc) is 2.71. The molecular formula is C13H17ClN2O. The van der Waals surface area contributed by atoms with Crippen molar-refractivity contribution in [2.24, 2.45) is 5.92 Å². The van der Waals surface area contributed by atoms with Crippen molar-refractivity contribution in [3.05, 3.63) is 23.2 Å². The van der Waals surface area contributed by atoms with Gasteiger partial charge < -0.3 is 15.3 Å². The van der Waals surface area contributed by atoms with E-state index in [-0.39, 0.29) is 5.75 Å². The van der Waals surface area contributed by atoms with Crippen molar-refractivity contribution in [1.29, 1.82) is 0 Å². The molecule has 0 saturated carbocycles. The number of halogens is 1. The Morgan fingerprint density at radius 1 is 1.29 bits per heavy atom. The largest absolute Gasteiger partial charge is 0.506 e. The number of benzene rings is 1. The van der Waals surface area contributed by atoms with E-state index in [2.05, 4.69) is 10.2 Å². The van der Waals surface area contributed by atoms with Crippen molar-refractivity contribution < 1.29 is 5.11 Å². The molecule has 2 fully saturated rings. The summed E-state index contributed by atoms with van der Waals surface area (Å²) in [6, 6.07) is 5.89. The molecule has 1 aromatic rings. The predicted octanol–water partition coefficient (Wildman–Crippen LogP) is 2.55. The Morgan fingerprint density at radius 2 is 2.12 bits per heavy atom. The van der Waals surface area contributed by atoms with E-state index >= 15 is 0 Å². The van der Waals surface area contributed by atoms with Gasteiger partial charge >= 0.3 is 0 Å². The van der Waals surface area contributed by atoms with Crippen molar-refractivity contribution in [1.82, 2.24) is 4.90 Å². The SMILES string of the molecule is Oc1ccc(NC2CCN3CCC2C3)cc1Cl. The van der Waals surface area contributed by atoms with E-state index in [1.165, 1.54) is 32.5 Å². The normalized spacial score (nSPS) is 31.5. The van der Waals surface area contributed by atoms with E-state index in [1.807, 2.05) is 6.07 Å². The van der Waals surface area contributed by atoms with Gasteiger partial charge in [0, 0.05) is 24.8 Å². The second-order valence-electron chi connectivity index (χ2n) is 5.06. The number of nitrogens with zero attached hydrogens (tertiary/aromatic N) is 1. The number of piperidine rings is 1. The second kappa shape index (κ2) is 4.39. The summed E-state index contributed by atoms with van der Waals surface area (Å²) in [4.78, 5) is 2.53. The average molecular weight is 253 g/mol. The quantitative estimate of drug-likeness (QED) is 0.794. The molecule has 2 heterocycles. The van der Waals surface area contributed by atoms with E-state index in [0.717, 1.165) is 11.6 Å². The Hall–Kier alpha value is -0.930. The first kappa shape index (κ1) is 11.2. The summed E-state index contributed by atoms with van der Waals surface area (Å²) in [5.41, 5.74) is 1.01. The highest BCUT2D eigenvalue weighted by molar-refractivity contribution is 6.32. The van der Waals surface area contributed by atoms with Crippen LogP contribution in [0.15, 0.2) is 18.2 Å². The maximum absolute atomic E-state index is 9.39. The third kappa shape index (κ3) is 2.22. The van der Waals surface area contributed by atoms with E-state index in [9.17, 15) is 5.11 Å². The molecule has 2 bridgehead atoms. The molecule has 0 radical (unpaired) electrons. The van der Waals surface area contributed by atoms with Crippen LogP contribution in [0.1, 0.15) is 12.8 Å². The molecule has 3 atom stereocenters. The molecule has 3 unspecified atom stereocenters. The molecule has 17 heavy (non-hydrogen) atoms. The summed E-state index contributed by atoms with van der Waals surface area (Å²) in [7, 11) is 0. The molecule has 4 heteroatoms. The smallest absolute Gasteiger partial charge is 0.134 e. The molecular weight excluding hydrogens is 236 g/mol. The molecule has 3 nitrogen and oxygen atoms in total. The number of hydrogen-bond acceptors (Lipinski definition) is 3. The number of anilines is 1. The summed E-state index contributed by atoms with van der Waals surface area (Å²) in [5, 5.41) is 13.4. The van der Waals surface area contributed by atoms with Crippen molar-refractivity contribution in [2.45, 2.75) is 18.9 Å². The monoisotopic (exact) mass is 252 g/mol. The van der Waals surface area contributed by atoms with Crippen LogP contribution in [0.25, 0.3) is 0 Å².